The van der Waals surface area contributed by atoms with E-state index in [9.17, 15) is 9.59 Å². The highest BCUT2D eigenvalue weighted by atomic mass is 16.6. The van der Waals surface area contributed by atoms with Crippen molar-refractivity contribution >= 4 is 11.8 Å². The first-order valence-corrected chi connectivity index (χ1v) is 10.7. The summed E-state index contributed by atoms with van der Waals surface area (Å²) in [7, 11) is 0. The van der Waals surface area contributed by atoms with Gasteiger partial charge in [0.1, 0.15) is 19.8 Å². The molecule has 2 aromatic carbocycles. The number of benzene rings is 2. The third kappa shape index (κ3) is 5.12. The number of amides is 2. The molecule has 0 aromatic heterocycles. The maximum absolute atomic E-state index is 13.3. The van der Waals surface area contributed by atoms with E-state index >= 15 is 0 Å². The molecule has 2 amide bonds. The molecule has 2 aliphatic rings. The molecule has 0 bridgehead atoms. The van der Waals surface area contributed by atoms with E-state index in [1.807, 2.05) is 30.3 Å². The molecule has 1 N–H and O–H groups in total. The smallest absolute Gasteiger partial charge is 0.254 e. The molecule has 1 fully saturated rings. The summed E-state index contributed by atoms with van der Waals surface area (Å²) < 4.78 is 11.2. The number of nitrogens with zero attached hydrogens (tertiary/aromatic N) is 1. The predicted octanol–water partition coefficient (Wildman–Crippen LogP) is 3.55. The van der Waals surface area contributed by atoms with Gasteiger partial charge in [0.15, 0.2) is 11.5 Å². The molecule has 1 aliphatic heterocycles. The summed E-state index contributed by atoms with van der Waals surface area (Å²) in [6.07, 6.45) is 5.56. The minimum atomic E-state index is -0.199. The maximum atomic E-state index is 13.3. The van der Waals surface area contributed by atoms with E-state index in [4.69, 9.17) is 9.47 Å². The van der Waals surface area contributed by atoms with Crippen molar-refractivity contribution in [3.8, 4) is 11.5 Å². The largest absolute Gasteiger partial charge is 0.486 e. The number of nitrogens with one attached hydrogen (secondary N) is 1. The van der Waals surface area contributed by atoms with E-state index in [2.05, 4.69) is 5.32 Å². The van der Waals surface area contributed by atoms with Crippen LogP contribution in [0.1, 0.15) is 48.0 Å². The zero-order valence-corrected chi connectivity index (χ0v) is 17.1. The molecule has 0 unspecified atom stereocenters. The van der Waals surface area contributed by atoms with Crippen LogP contribution >= 0.6 is 0 Å². The van der Waals surface area contributed by atoms with Gasteiger partial charge in [0.25, 0.3) is 5.91 Å². The summed E-state index contributed by atoms with van der Waals surface area (Å²) in [4.78, 5) is 27.6. The number of ether oxygens (including phenoxy) is 2. The lowest BCUT2D eigenvalue weighted by molar-refractivity contribution is -0.122. The van der Waals surface area contributed by atoms with Crippen molar-refractivity contribution in [1.29, 1.82) is 0 Å². The van der Waals surface area contributed by atoms with Crippen LogP contribution in [0.4, 0.5) is 0 Å². The van der Waals surface area contributed by atoms with E-state index in [1.165, 1.54) is 6.42 Å². The van der Waals surface area contributed by atoms with Gasteiger partial charge in [-0.15, -0.1) is 0 Å². The summed E-state index contributed by atoms with van der Waals surface area (Å²) in [5.74, 6) is 0.902. The summed E-state index contributed by atoms with van der Waals surface area (Å²) >= 11 is 0. The van der Waals surface area contributed by atoms with Crippen molar-refractivity contribution in [2.45, 2.75) is 44.7 Å². The minimum absolute atomic E-state index is 0.0265. The van der Waals surface area contributed by atoms with E-state index in [0.717, 1.165) is 31.2 Å². The first-order valence-electron chi connectivity index (χ1n) is 10.7. The van der Waals surface area contributed by atoms with Gasteiger partial charge >= 0.3 is 0 Å². The van der Waals surface area contributed by atoms with Crippen LogP contribution in [-0.4, -0.2) is 42.5 Å². The molecule has 158 valence electrons. The lowest BCUT2D eigenvalue weighted by Crippen LogP contribution is -2.44. The van der Waals surface area contributed by atoms with E-state index in [1.54, 1.807) is 23.1 Å². The standard InChI is InChI=1S/C24H28N2O4/c27-23(25-20-9-5-2-6-10-20)17-26(16-18-7-3-1-4-8-18)24(28)19-11-12-21-22(15-19)30-14-13-29-21/h1,3-4,7-8,11-12,15,20H,2,5-6,9-10,13-14,16-17H2,(H,25,27). The highest BCUT2D eigenvalue weighted by molar-refractivity contribution is 5.97. The van der Waals surface area contributed by atoms with Crippen LogP contribution < -0.4 is 14.8 Å². The monoisotopic (exact) mass is 408 g/mol. The summed E-state index contributed by atoms with van der Waals surface area (Å²) in [5, 5.41) is 3.11. The van der Waals surface area contributed by atoms with Crippen LogP contribution in [0.2, 0.25) is 0 Å². The second kappa shape index (κ2) is 9.65. The highest BCUT2D eigenvalue weighted by Gasteiger charge is 2.23. The first kappa shape index (κ1) is 20.3. The fraction of sp³-hybridized carbons (Fsp3) is 0.417. The summed E-state index contributed by atoms with van der Waals surface area (Å²) in [6.45, 7) is 1.36. The van der Waals surface area contributed by atoms with Crippen molar-refractivity contribution in [2.24, 2.45) is 0 Å². The number of fused-ring (bicyclic) bond motifs is 1. The molecule has 6 nitrogen and oxygen atoms in total. The molecule has 1 saturated carbocycles. The number of hydrogen-bond donors (Lipinski definition) is 1. The van der Waals surface area contributed by atoms with Crippen LogP contribution in [0.3, 0.4) is 0 Å². The second-order valence-corrected chi connectivity index (χ2v) is 7.91. The van der Waals surface area contributed by atoms with Crippen LogP contribution in [0.15, 0.2) is 48.5 Å². The average molecular weight is 408 g/mol. The molecule has 4 rings (SSSR count). The molecule has 0 spiro atoms. The highest BCUT2D eigenvalue weighted by Crippen LogP contribution is 2.31. The summed E-state index contributed by atoms with van der Waals surface area (Å²) in [5.41, 5.74) is 1.47. The Morgan fingerprint density at radius 3 is 2.43 bits per heavy atom. The van der Waals surface area contributed by atoms with Crippen molar-refractivity contribution in [1.82, 2.24) is 10.2 Å². The molecule has 0 atom stereocenters. The Hall–Kier alpha value is -3.02. The molecular formula is C24H28N2O4. The van der Waals surface area contributed by atoms with Crippen LogP contribution in [-0.2, 0) is 11.3 Å². The Balaban J connectivity index is 1.50. The zero-order chi connectivity index (χ0) is 20.8. The number of carbonyl (C=O) groups excluding carboxylic acids is 2. The van der Waals surface area contributed by atoms with Gasteiger partial charge in [-0.1, -0.05) is 49.6 Å². The van der Waals surface area contributed by atoms with Gasteiger partial charge in [-0.05, 0) is 36.6 Å². The minimum Gasteiger partial charge on any atom is -0.486 e. The first-order chi connectivity index (χ1) is 14.7. The van der Waals surface area contributed by atoms with Crippen molar-refractivity contribution in [3.05, 3.63) is 59.7 Å². The third-order valence-electron chi connectivity index (χ3n) is 5.60. The van der Waals surface area contributed by atoms with Crippen molar-refractivity contribution in [3.63, 3.8) is 0 Å². The van der Waals surface area contributed by atoms with E-state index < -0.39 is 0 Å². The van der Waals surface area contributed by atoms with Gasteiger partial charge in [0.05, 0.1) is 0 Å². The number of carbonyl (C=O) groups is 2. The SMILES string of the molecule is O=C(CN(Cc1ccccc1)C(=O)c1ccc2c(c1)OCCO2)NC1CCCCC1. The van der Waals surface area contributed by atoms with E-state index in [0.29, 0.717) is 36.8 Å². The molecular weight excluding hydrogens is 380 g/mol. The van der Waals surface area contributed by atoms with Crippen molar-refractivity contribution < 1.29 is 19.1 Å². The predicted molar refractivity (Wildman–Crippen MR) is 114 cm³/mol. The Morgan fingerprint density at radius 1 is 0.933 bits per heavy atom. The van der Waals surface area contributed by atoms with Gasteiger partial charge in [-0.2, -0.15) is 0 Å². The quantitative estimate of drug-likeness (QED) is 0.794. The van der Waals surface area contributed by atoms with Gasteiger partial charge in [0.2, 0.25) is 5.91 Å². The lowest BCUT2D eigenvalue weighted by atomic mass is 9.95. The Kier molecular flexibility index (Phi) is 6.52. The number of rotatable bonds is 6. The van der Waals surface area contributed by atoms with Gasteiger partial charge in [0, 0.05) is 18.2 Å². The molecule has 1 aliphatic carbocycles. The molecule has 1 heterocycles. The van der Waals surface area contributed by atoms with Crippen LogP contribution in [0.25, 0.3) is 0 Å². The number of hydrogen-bond acceptors (Lipinski definition) is 4. The average Bonchev–Trinajstić information content (AvgIpc) is 2.79. The van der Waals surface area contributed by atoms with Crippen LogP contribution in [0.5, 0.6) is 11.5 Å². The fourth-order valence-electron chi connectivity index (χ4n) is 4.06. The van der Waals surface area contributed by atoms with Gasteiger partial charge in [-0.3, -0.25) is 9.59 Å². The molecule has 0 saturated heterocycles. The Labute approximate surface area is 177 Å². The zero-order valence-electron chi connectivity index (χ0n) is 17.1. The molecule has 0 radical (unpaired) electrons. The Bertz CT molecular complexity index is 878. The lowest BCUT2D eigenvalue weighted by Gasteiger charge is -2.27. The molecule has 2 aromatic rings. The van der Waals surface area contributed by atoms with Gasteiger partial charge in [-0.25, -0.2) is 0 Å². The second-order valence-electron chi connectivity index (χ2n) is 7.91. The van der Waals surface area contributed by atoms with E-state index in [-0.39, 0.29) is 24.4 Å². The normalized spacial score (nSPS) is 16.0. The topological polar surface area (TPSA) is 67.9 Å². The van der Waals surface area contributed by atoms with Gasteiger partial charge < -0.3 is 19.7 Å². The molecule has 6 heteroatoms. The Morgan fingerprint density at radius 2 is 1.67 bits per heavy atom. The fourth-order valence-corrected chi connectivity index (χ4v) is 4.06. The third-order valence-corrected chi connectivity index (χ3v) is 5.60. The maximum Gasteiger partial charge on any atom is 0.254 e. The van der Waals surface area contributed by atoms with Crippen molar-refractivity contribution in [2.75, 3.05) is 19.8 Å². The molecule has 30 heavy (non-hydrogen) atoms. The van der Waals surface area contributed by atoms with Crippen LogP contribution in [0, 0.1) is 0 Å². The summed E-state index contributed by atoms with van der Waals surface area (Å²) in [6, 6.07) is 15.1.